The highest BCUT2D eigenvalue weighted by Gasteiger charge is 2.22. The van der Waals surface area contributed by atoms with Gasteiger partial charge in [0, 0.05) is 38.3 Å². The molecule has 0 aromatic heterocycles. The Morgan fingerprint density at radius 2 is 1.96 bits per heavy atom. The molecule has 8 heteroatoms. The molecule has 1 aliphatic carbocycles. The second-order valence-electron chi connectivity index (χ2n) is 7.48. The van der Waals surface area contributed by atoms with E-state index >= 15 is 0 Å². The molecule has 1 aromatic rings. The van der Waals surface area contributed by atoms with Crippen molar-refractivity contribution >= 4 is 15.8 Å². The van der Waals surface area contributed by atoms with Gasteiger partial charge < -0.3 is 15.4 Å². The second kappa shape index (κ2) is 10.1. The molecule has 156 valence electrons. The van der Waals surface area contributed by atoms with Crippen LogP contribution in [-0.4, -0.2) is 70.1 Å². The lowest BCUT2D eigenvalue weighted by Gasteiger charge is -2.26. The van der Waals surface area contributed by atoms with Crippen molar-refractivity contribution in [2.45, 2.75) is 26.3 Å². The molecule has 3 rings (SSSR count). The van der Waals surface area contributed by atoms with E-state index in [4.69, 9.17) is 9.73 Å². The van der Waals surface area contributed by atoms with Crippen LogP contribution in [0.3, 0.4) is 0 Å². The number of para-hydroxylation sites is 1. The average molecular weight is 409 g/mol. The first-order valence-corrected chi connectivity index (χ1v) is 12.0. The van der Waals surface area contributed by atoms with Crippen molar-refractivity contribution in [3.63, 3.8) is 0 Å². The van der Waals surface area contributed by atoms with Crippen molar-refractivity contribution in [3.8, 4) is 5.75 Å². The van der Waals surface area contributed by atoms with Crippen LogP contribution in [0.15, 0.2) is 29.3 Å². The highest BCUT2D eigenvalue weighted by molar-refractivity contribution is 7.91. The van der Waals surface area contributed by atoms with Crippen LogP contribution in [0.1, 0.15) is 25.3 Å². The Morgan fingerprint density at radius 1 is 1.21 bits per heavy atom. The number of rotatable bonds is 9. The van der Waals surface area contributed by atoms with Crippen molar-refractivity contribution in [2.75, 3.05) is 50.8 Å². The van der Waals surface area contributed by atoms with Crippen LogP contribution in [0.5, 0.6) is 5.75 Å². The molecule has 2 fully saturated rings. The number of sulfone groups is 1. The number of ether oxygens (including phenoxy) is 1. The molecule has 0 bridgehead atoms. The van der Waals surface area contributed by atoms with Crippen LogP contribution >= 0.6 is 0 Å². The number of hydrogen-bond donors (Lipinski definition) is 2. The highest BCUT2D eigenvalue weighted by Crippen LogP contribution is 2.30. The molecule has 0 radical (unpaired) electrons. The molecule has 0 atom stereocenters. The minimum atomic E-state index is -2.83. The molecule has 2 N–H and O–H groups in total. The molecule has 1 aliphatic heterocycles. The quantitative estimate of drug-likeness (QED) is 0.473. The Kier molecular flexibility index (Phi) is 7.56. The van der Waals surface area contributed by atoms with Crippen LogP contribution < -0.4 is 15.4 Å². The summed E-state index contributed by atoms with van der Waals surface area (Å²) in [5.41, 5.74) is 1.08. The Hall–Kier alpha value is -1.80. The van der Waals surface area contributed by atoms with Crippen molar-refractivity contribution in [1.82, 2.24) is 15.5 Å². The van der Waals surface area contributed by atoms with Crippen molar-refractivity contribution in [3.05, 3.63) is 29.8 Å². The lowest BCUT2D eigenvalue weighted by Crippen LogP contribution is -2.45. The fourth-order valence-corrected chi connectivity index (χ4v) is 4.36. The minimum absolute atomic E-state index is 0.263. The maximum absolute atomic E-state index is 11.5. The van der Waals surface area contributed by atoms with E-state index in [0.717, 1.165) is 49.4 Å². The first kappa shape index (κ1) is 20.9. The Morgan fingerprint density at radius 3 is 2.68 bits per heavy atom. The Balaban J connectivity index is 1.48. The zero-order chi connectivity index (χ0) is 19.8. The van der Waals surface area contributed by atoms with E-state index in [1.807, 2.05) is 25.1 Å². The fourth-order valence-electron chi connectivity index (χ4n) is 3.08. The van der Waals surface area contributed by atoms with Gasteiger partial charge in [-0.05, 0) is 31.7 Å². The summed E-state index contributed by atoms with van der Waals surface area (Å²) in [6.45, 7) is 6.94. The van der Waals surface area contributed by atoms with Crippen LogP contribution in [0.4, 0.5) is 0 Å². The number of aliphatic imine (C=N–C) groups is 1. The van der Waals surface area contributed by atoms with E-state index in [0.29, 0.717) is 19.6 Å². The standard InChI is InChI=1S/C20H32N4O3S/c1-2-21-20(22-9-10-24-11-13-28(25,26)14-12-24)23-15-18-5-3-4-6-19(18)27-16-17-7-8-17/h3-6,17H,2,7-16H2,1H3,(H2,21,22,23). The molecule has 2 aliphatic rings. The zero-order valence-electron chi connectivity index (χ0n) is 16.7. The first-order valence-electron chi connectivity index (χ1n) is 10.2. The first-order chi connectivity index (χ1) is 13.6. The topological polar surface area (TPSA) is 83.0 Å². The molecule has 1 saturated carbocycles. The minimum Gasteiger partial charge on any atom is -0.493 e. The molecule has 1 heterocycles. The van der Waals surface area contributed by atoms with Gasteiger partial charge in [0.1, 0.15) is 5.75 Å². The lowest BCUT2D eigenvalue weighted by molar-refractivity contribution is 0.297. The summed E-state index contributed by atoms with van der Waals surface area (Å²) in [6, 6.07) is 8.08. The maximum Gasteiger partial charge on any atom is 0.191 e. The molecule has 0 unspecified atom stereocenters. The van der Waals surface area contributed by atoms with Gasteiger partial charge in [-0.1, -0.05) is 18.2 Å². The van der Waals surface area contributed by atoms with Crippen molar-refractivity contribution in [2.24, 2.45) is 10.9 Å². The average Bonchev–Trinajstić information content (AvgIpc) is 3.51. The van der Waals surface area contributed by atoms with E-state index in [-0.39, 0.29) is 11.5 Å². The second-order valence-corrected chi connectivity index (χ2v) is 9.78. The van der Waals surface area contributed by atoms with Gasteiger partial charge in [-0.25, -0.2) is 13.4 Å². The number of hydrogen-bond acceptors (Lipinski definition) is 5. The van der Waals surface area contributed by atoms with E-state index in [2.05, 4.69) is 21.6 Å². The number of guanidine groups is 1. The molecule has 28 heavy (non-hydrogen) atoms. The van der Waals surface area contributed by atoms with Gasteiger partial charge in [0.05, 0.1) is 24.7 Å². The molecule has 1 aromatic carbocycles. The molecule has 1 saturated heterocycles. The Labute approximate surface area is 168 Å². The summed E-state index contributed by atoms with van der Waals surface area (Å²) in [7, 11) is -2.83. The number of nitrogens with zero attached hydrogens (tertiary/aromatic N) is 2. The van der Waals surface area contributed by atoms with E-state index in [9.17, 15) is 8.42 Å². The summed E-state index contributed by atoms with van der Waals surface area (Å²) in [6.07, 6.45) is 2.55. The predicted octanol–water partition coefficient (Wildman–Crippen LogP) is 1.26. The van der Waals surface area contributed by atoms with E-state index < -0.39 is 9.84 Å². The SMILES string of the molecule is CCNC(=NCc1ccccc1OCC1CC1)NCCN1CCS(=O)(=O)CC1. The third-order valence-corrected chi connectivity index (χ3v) is 6.66. The summed E-state index contributed by atoms with van der Waals surface area (Å²) < 4.78 is 29.0. The van der Waals surface area contributed by atoms with Crippen molar-refractivity contribution < 1.29 is 13.2 Å². The largest absolute Gasteiger partial charge is 0.493 e. The van der Waals surface area contributed by atoms with E-state index in [1.54, 1.807) is 0 Å². The summed E-state index contributed by atoms with van der Waals surface area (Å²) in [5, 5.41) is 6.61. The van der Waals surface area contributed by atoms with Crippen LogP contribution in [-0.2, 0) is 16.4 Å². The molecule has 0 amide bonds. The van der Waals surface area contributed by atoms with Gasteiger partial charge in [0.25, 0.3) is 0 Å². The summed E-state index contributed by atoms with van der Waals surface area (Å²) in [5.74, 6) is 2.94. The smallest absolute Gasteiger partial charge is 0.191 e. The van der Waals surface area contributed by atoms with Gasteiger partial charge in [-0.3, -0.25) is 4.90 Å². The molecule has 0 spiro atoms. The summed E-state index contributed by atoms with van der Waals surface area (Å²) in [4.78, 5) is 6.87. The van der Waals surface area contributed by atoms with Gasteiger partial charge in [-0.2, -0.15) is 0 Å². The molecule has 7 nitrogen and oxygen atoms in total. The summed E-state index contributed by atoms with van der Waals surface area (Å²) >= 11 is 0. The fraction of sp³-hybridized carbons (Fsp3) is 0.650. The number of nitrogens with one attached hydrogen (secondary N) is 2. The zero-order valence-corrected chi connectivity index (χ0v) is 17.5. The highest BCUT2D eigenvalue weighted by atomic mass is 32.2. The van der Waals surface area contributed by atoms with Gasteiger partial charge in [-0.15, -0.1) is 0 Å². The normalized spacial score (nSPS) is 20.0. The third kappa shape index (κ3) is 6.98. The monoisotopic (exact) mass is 408 g/mol. The van der Waals surface area contributed by atoms with Gasteiger partial charge >= 0.3 is 0 Å². The van der Waals surface area contributed by atoms with Crippen LogP contribution in [0.25, 0.3) is 0 Å². The number of benzene rings is 1. The molecular weight excluding hydrogens is 376 g/mol. The van der Waals surface area contributed by atoms with Gasteiger partial charge in [0.2, 0.25) is 0 Å². The lowest BCUT2D eigenvalue weighted by atomic mass is 10.2. The Bertz CT molecular complexity index is 748. The predicted molar refractivity (Wildman–Crippen MR) is 113 cm³/mol. The maximum atomic E-state index is 11.5. The van der Waals surface area contributed by atoms with Crippen molar-refractivity contribution in [1.29, 1.82) is 0 Å². The third-order valence-electron chi connectivity index (χ3n) is 5.05. The van der Waals surface area contributed by atoms with E-state index in [1.165, 1.54) is 12.8 Å². The molecular formula is C20H32N4O3S. The van der Waals surface area contributed by atoms with Gasteiger partial charge in [0.15, 0.2) is 15.8 Å². The van der Waals surface area contributed by atoms with Crippen LogP contribution in [0.2, 0.25) is 0 Å². The van der Waals surface area contributed by atoms with Crippen LogP contribution in [0, 0.1) is 5.92 Å².